The van der Waals surface area contributed by atoms with Crippen LogP contribution in [-0.2, 0) is 0 Å². The van der Waals surface area contributed by atoms with Crippen molar-refractivity contribution in [3.05, 3.63) is 71.2 Å². The lowest BCUT2D eigenvalue weighted by Gasteiger charge is -2.11. The van der Waals surface area contributed by atoms with Crippen LogP contribution in [0.3, 0.4) is 0 Å². The molecule has 3 nitrogen and oxygen atoms in total. The quantitative estimate of drug-likeness (QED) is 0.764. The molecule has 20 heavy (non-hydrogen) atoms. The third-order valence-corrected chi connectivity index (χ3v) is 3.51. The molecule has 1 N–H and O–H groups in total. The van der Waals surface area contributed by atoms with Gasteiger partial charge >= 0.3 is 0 Å². The summed E-state index contributed by atoms with van der Waals surface area (Å²) < 4.78 is 15.7. The van der Waals surface area contributed by atoms with E-state index in [4.69, 9.17) is 0 Å². The van der Waals surface area contributed by atoms with Crippen LogP contribution in [-0.4, -0.2) is 9.55 Å². The van der Waals surface area contributed by atoms with Crippen molar-refractivity contribution in [3.63, 3.8) is 0 Å². The van der Waals surface area contributed by atoms with Crippen LogP contribution in [0.15, 0.2) is 65.4 Å². The molecule has 0 atom stereocenters. The first kappa shape index (κ1) is 12.9. The number of imidazole rings is 1. The van der Waals surface area contributed by atoms with E-state index in [0.717, 1.165) is 11.4 Å². The highest BCUT2D eigenvalue weighted by molar-refractivity contribution is 9.10. The van der Waals surface area contributed by atoms with Gasteiger partial charge in [0.25, 0.3) is 0 Å². The molecule has 0 unspecified atom stereocenters. The van der Waals surface area contributed by atoms with Crippen molar-refractivity contribution >= 4 is 27.6 Å². The Labute approximate surface area is 124 Å². The third-order valence-electron chi connectivity index (χ3n) is 2.85. The minimum absolute atomic E-state index is 0.283. The standard InChI is InChI=1S/C15H11BrFN3/c16-13-10-11(17)6-7-14(13)19-15-18-8-9-20(15)12-4-2-1-3-5-12/h1-10H,(H,18,19). The Morgan fingerprint density at radius 3 is 2.65 bits per heavy atom. The van der Waals surface area contributed by atoms with E-state index in [1.165, 1.54) is 12.1 Å². The summed E-state index contributed by atoms with van der Waals surface area (Å²) in [5.74, 6) is 0.386. The number of hydrogen-bond acceptors (Lipinski definition) is 2. The zero-order valence-corrected chi connectivity index (χ0v) is 12.0. The van der Waals surface area contributed by atoms with Crippen molar-refractivity contribution in [3.8, 4) is 5.69 Å². The highest BCUT2D eigenvalue weighted by Crippen LogP contribution is 2.26. The van der Waals surface area contributed by atoms with Crippen molar-refractivity contribution in [2.24, 2.45) is 0 Å². The van der Waals surface area contributed by atoms with E-state index in [0.29, 0.717) is 10.4 Å². The van der Waals surface area contributed by atoms with E-state index in [9.17, 15) is 4.39 Å². The van der Waals surface area contributed by atoms with Crippen molar-refractivity contribution < 1.29 is 4.39 Å². The first-order chi connectivity index (χ1) is 9.74. The topological polar surface area (TPSA) is 29.9 Å². The summed E-state index contributed by atoms with van der Waals surface area (Å²) in [6.07, 6.45) is 3.59. The van der Waals surface area contributed by atoms with E-state index in [-0.39, 0.29) is 5.82 Å². The molecule has 1 aromatic heterocycles. The molecule has 0 spiro atoms. The van der Waals surface area contributed by atoms with Gasteiger partial charge in [0.2, 0.25) is 5.95 Å². The lowest BCUT2D eigenvalue weighted by molar-refractivity contribution is 0.627. The van der Waals surface area contributed by atoms with Gasteiger partial charge in [0.15, 0.2) is 0 Å². The van der Waals surface area contributed by atoms with Gasteiger partial charge in [-0.25, -0.2) is 9.37 Å². The highest BCUT2D eigenvalue weighted by atomic mass is 79.9. The maximum absolute atomic E-state index is 13.1. The van der Waals surface area contributed by atoms with Crippen LogP contribution in [0.2, 0.25) is 0 Å². The van der Waals surface area contributed by atoms with Crippen LogP contribution < -0.4 is 5.32 Å². The molecule has 0 aliphatic carbocycles. The fourth-order valence-electron chi connectivity index (χ4n) is 1.90. The summed E-state index contributed by atoms with van der Waals surface area (Å²) in [4.78, 5) is 4.29. The smallest absolute Gasteiger partial charge is 0.212 e. The van der Waals surface area contributed by atoms with Crippen LogP contribution in [0, 0.1) is 5.82 Å². The molecule has 0 aliphatic rings. The van der Waals surface area contributed by atoms with E-state index in [1.807, 2.05) is 41.1 Å². The molecule has 100 valence electrons. The van der Waals surface area contributed by atoms with Gasteiger partial charge in [-0.3, -0.25) is 4.57 Å². The van der Waals surface area contributed by atoms with E-state index in [1.54, 1.807) is 12.3 Å². The number of aromatic nitrogens is 2. The first-order valence-electron chi connectivity index (χ1n) is 6.05. The molecule has 3 rings (SSSR count). The molecular weight excluding hydrogens is 321 g/mol. The van der Waals surface area contributed by atoms with Gasteiger partial charge < -0.3 is 5.32 Å². The van der Waals surface area contributed by atoms with Gasteiger partial charge in [0, 0.05) is 22.6 Å². The second-order valence-corrected chi connectivity index (χ2v) is 5.06. The van der Waals surface area contributed by atoms with Gasteiger partial charge in [0.05, 0.1) is 5.69 Å². The zero-order chi connectivity index (χ0) is 13.9. The second kappa shape index (κ2) is 5.46. The van der Waals surface area contributed by atoms with Gasteiger partial charge in [-0.15, -0.1) is 0 Å². The van der Waals surface area contributed by atoms with Gasteiger partial charge in [-0.1, -0.05) is 18.2 Å². The number of benzene rings is 2. The number of anilines is 2. The Hall–Kier alpha value is -2.14. The normalized spacial score (nSPS) is 10.5. The maximum Gasteiger partial charge on any atom is 0.212 e. The van der Waals surface area contributed by atoms with Gasteiger partial charge in [0.1, 0.15) is 5.82 Å². The third kappa shape index (κ3) is 2.58. The predicted octanol–water partition coefficient (Wildman–Crippen LogP) is 4.52. The minimum Gasteiger partial charge on any atom is -0.324 e. The average Bonchev–Trinajstić information content (AvgIpc) is 2.91. The SMILES string of the molecule is Fc1ccc(Nc2nccn2-c2ccccc2)c(Br)c1. The van der Waals surface area contributed by atoms with Crippen LogP contribution in [0.5, 0.6) is 0 Å². The maximum atomic E-state index is 13.1. The minimum atomic E-state index is -0.283. The lowest BCUT2D eigenvalue weighted by Crippen LogP contribution is -2.01. The molecule has 0 aliphatic heterocycles. The molecule has 0 radical (unpaired) electrons. The van der Waals surface area contributed by atoms with Crippen molar-refractivity contribution in [2.75, 3.05) is 5.32 Å². The predicted molar refractivity (Wildman–Crippen MR) is 80.9 cm³/mol. The van der Waals surface area contributed by atoms with Gasteiger partial charge in [-0.05, 0) is 46.3 Å². The van der Waals surface area contributed by atoms with Crippen LogP contribution in [0.1, 0.15) is 0 Å². The van der Waals surface area contributed by atoms with E-state index >= 15 is 0 Å². The second-order valence-electron chi connectivity index (χ2n) is 4.21. The Morgan fingerprint density at radius 1 is 1.10 bits per heavy atom. The van der Waals surface area contributed by atoms with Crippen LogP contribution in [0.25, 0.3) is 5.69 Å². The molecule has 5 heteroatoms. The number of para-hydroxylation sites is 1. The molecule has 0 saturated carbocycles. The lowest BCUT2D eigenvalue weighted by atomic mass is 10.3. The summed E-state index contributed by atoms with van der Waals surface area (Å²) in [7, 11) is 0. The zero-order valence-electron chi connectivity index (χ0n) is 10.4. The number of nitrogens with one attached hydrogen (secondary N) is 1. The molecular formula is C15H11BrFN3. The fraction of sp³-hybridized carbons (Fsp3) is 0. The summed E-state index contributed by atoms with van der Waals surface area (Å²) in [6, 6.07) is 14.4. The van der Waals surface area contributed by atoms with E-state index in [2.05, 4.69) is 26.2 Å². The molecule has 1 heterocycles. The Kier molecular flexibility index (Phi) is 3.52. The average molecular weight is 332 g/mol. The van der Waals surface area contributed by atoms with Crippen molar-refractivity contribution in [2.45, 2.75) is 0 Å². The number of halogens is 2. The Balaban J connectivity index is 1.95. The Morgan fingerprint density at radius 2 is 1.90 bits per heavy atom. The molecule has 2 aromatic carbocycles. The molecule has 0 amide bonds. The summed E-state index contributed by atoms with van der Waals surface area (Å²) >= 11 is 3.33. The number of hydrogen-bond donors (Lipinski definition) is 1. The summed E-state index contributed by atoms with van der Waals surface area (Å²) in [5, 5.41) is 3.18. The summed E-state index contributed by atoms with van der Waals surface area (Å²) in [5.41, 5.74) is 1.76. The highest BCUT2D eigenvalue weighted by Gasteiger charge is 2.07. The first-order valence-corrected chi connectivity index (χ1v) is 6.84. The van der Waals surface area contributed by atoms with Crippen LogP contribution >= 0.6 is 15.9 Å². The molecule has 0 saturated heterocycles. The van der Waals surface area contributed by atoms with Crippen molar-refractivity contribution in [1.82, 2.24) is 9.55 Å². The Bertz CT molecular complexity index is 725. The molecule has 3 aromatic rings. The molecule has 0 bridgehead atoms. The largest absolute Gasteiger partial charge is 0.324 e. The number of rotatable bonds is 3. The van der Waals surface area contributed by atoms with Crippen molar-refractivity contribution in [1.29, 1.82) is 0 Å². The van der Waals surface area contributed by atoms with Gasteiger partial charge in [-0.2, -0.15) is 0 Å². The number of nitrogens with zero attached hydrogens (tertiary/aromatic N) is 2. The molecule has 0 fully saturated rings. The van der Waals surface area contributed by atoms with Crippen LogP contribution in [0.4, 0.5) is 16.0 Å². The fourth-order valence-corrected chi connectivity index (χ4v) is 2.35. The van der Waals surface area contributed by atoms with E-state index < -0.39 is 0 Å². The monoisotopic (exact) mass is 331 g/mol. The summed E-state index contributed by atoms with van der Waals surface area (Å²) in [6.45, 7) is 0.